The van der Waals surface area contributed by atoms with Crippen LogP contribution in [0.3, 0.4) is 0 Å². The largest absolute Gasteiger partial charge is 0.457 e. The van der Waals surface area contributed by atoms with Gasteiger partial charge in [-0.2, -0.15) is 0 Å². The van der Waals surface area contributed by atoms with Crippen molar-refractivity contribution in [1.82, 2.24) is 0 Å². The van der Waals surface area contributed by atoms with Gasteiger partial charge in [0.15, 0.2) is 24.8 Å². The maximum atomic E-state index is 11.9. The quantitative estimate of drug-likeness (QED) is 0.0491. The van der Waals surface area contributed by atoms with Crippen molar-refractivity contribution < 1.29 is 28.7 Å². The monoisotopic (exact) mass is 564 g/mol. The Balaban J connectivity index is 3.62. The number of ketones is 2. The van der Waals surface area contributed by atoms with Gasteiger partial charge in [0.05, 0.1) is 0 Å². The minimum atomic E-state index is -0.465. The van der Waals surface area contributed by atoms with Crippen LogP contribution in [0, 0.1) is 0 Å². The van der Waals surface area contributed by atoms with E-state index in [9.17, 15) is 19.2 Å². The summed E-state index contributed by atoms with van der Waals surface area (Å²) in [5, 5.41) is 0. The Morgan fingerprint density at radius 1 is 0.400 bits per heavy atom. The summed E-state index contributed by atoms with van der Waals surface area (Å²) >= 11 is 0. The van der Waals surface area contributed by atoms with Gasteiger partial charge in [0.25, 0.3) is 0 Å². The van der Waals surface area contributed by atoms with Crippen molar-refractivity contribution in [2.45, 2.75) is 168 Å². The van der Waals surface area contributed by atoms with Crippen LogP contribution in [0.15, 0.2) is 12.2 Å². The van der Waals surface area contributed by atoms with E-state index in [1.807, 2.05) is 0 Å². The van der Waals surface area contributed by atoms with Gasteiger partial charge in [0, 0.05) is 12.8 Å². The summed E-state index contributed by atoms with van der Waals surface area (Å²) < 4.78 is 9.99. The van der Waals surface area contributed by atoms with E-state index in [-0.39, 0.29) is 25.2 Å². The maximum absolute atomic E-state index is 11.9. The van der Waals surface area contributed by atoms with Crippen LogP contribution in [0.1, 0.15) is 168 Å². The standard InChI is InChI=1S/C34H60O6/c1-3-5-7-9-11-13-15-17-19-21-23-25-33(37)39-29-31(35)27-28-32(36)30-40-34(38)26-24-22-20-18-16-14-12-10-8-6-4-2/h27-28H,3-26,29-30H2,1-2H3/b28-27+. The third-order valence-corrected chi connectivity index (χ3v) is 7.17. The normalized spacial score (nSPS) is 11.2. The van der Waals surface area contributed by atoms with Crippen molar-refractivity contribution in [2.75, 3.05) is 13.2 Å². The lowest BCUT2D eigenvalue weighted by Gasteiger charge is -2.04. The molecule has 0 aliphatic carbocycles. The fraction of sp³-hybridized carbons (Fsp3) is 0.824. The van der Waals surface area contributed by atoms with Crippen LogP contribution in [0.4, 0.5) is 0 Å². The smallest absolute Gasteiger partial charge is 0.306 e. The average Bonchev–Trinajstić information content (AvgIpc) is 2.95. The van der Waals surface area contributed by atoms with Gasteiger partial charge in [-0.05, 0) is 25.0 Å². The van der Waals surface area contributed by atoms with Gasteiger partial charge in [-0.3, -0.25) is 19.2 Å². The first kappa shape index (κ1) is 38.0. The van der Waals surface area contributed by atoms with E-state index in [0.717, 1.165) is 50.7 Å². The Morgan fingerprint density at radius 3 is 0.925 bits per heavy atom. The van der Waals surface area contributed by atoms with Crippen LogP contribution in [-0.4, -0.2) is 36.7 Å². The fourth-order valence-electron chi connectivity index (χ4n) is 4.60. The van der Waals surface area contributed by atoms with Gasteiger partial charge in [-0.25, -0.2) is 0 Å². The number of esters is 2. The Hall–Kier alpha value is -1.98. The molecule has 0 unspecified atom stereocenters. The van der Waals surface area contributed by atoms with Gasteiger partial charge in [0.2, 0.25) is 0 Å². The molecule has 0 saturated carbocycles. The van der Waals surface area contributed by atoms with Crippen molar-refractivity contribution in [3.63, 3.8) is 0 Å². The van der Waals surface area contributed by atoms with Crippen LogP contribution in [0.2, 0.25) is 0 Å². The van der Waals surface area contributed by atoms with Crippen LogP contribution < -0.4 is 0 Å². The number of hydrogen-bond acceptors (Lipinski definition) is 6. The molecule has 40 heavy (non-hydrogen) atoms. The Labute approximate surface area is 245 Å². The third-order valence-electron chi connectivity index (χ3n) is 7.17. The molecule has 232 valence electrons. The van der Waals surface area contributed by atoms with Crippen LogP contribution >= 0.6 is 0 Å². The Kier molecular flexibility index (Phi) is 28.5. The SMILES string of the molecule is CCCCCCCCCCCCCC(=O)OCC(=O)/C=C/C(=O)COC(=O)CCCCCCCCCCCCC. The highest BCUT2D eigenvalue weighted by atomic mass is 16.5. The van der Waals surface area contributed by atoms with Crippen molar-refractivity contribution in [2.24, 2.45) is 0 Å². The molecule has 0 bridgehead atoms. The van der Waals surface area contributed by atoms with E-state index in [1.54, 1.807) is 0 Å². The molecule has 6 nitrogen and oxygen atoms in total. The van der Waals surface area contributed by atoms with Gasteiger partial charge >= 0.3 is 11.9 Å². The molecule has 0 aromatic carbocycles. The van der Waals surface area contributed by atoms with E-state index in [0.29, 0.717) is 12.8 Å². The highest BCUT2D eigenvalue weighted by Gasteiger charge is 2.08. The molecule has 0 aliphatic rings. The van der Waals surface area contributed by atoms with Crippen molar-refractivity contribution >= 4 is 23.5 Å². The number of hydrogen-bond donors (Lipinski definition) is 0. The van der Waals surface area contributed by atoms with Gasteiger partial charge in [-0.15, -0.1) is 0 Å². The summed E-state index contributed by atoms with van der Waals surface area (Å²) in [5.74, 6) is -1.71. The maximum Gasteiger partial charge on any atom is 0.306 e. The second-order valence-electron chi connectivity index (χ2n) is 11.2. The zero-order valence-corrected chi connectivity index (χ0v) is 26.0. The molecular weight excluding hydrogens is 504 g/mol. The minimum Gasteiger partial charge on any atom is -0.457 e. The predicted octanol–water partition coefficient (Wildman–Crippen LogP) is 9.17. The molecule has 0 amide bonds. The summed E-state index contributed by atoms with van der Waals surface area (Å²) in [5.41, 5.74) is 0. The molecule has 0 aromatic heterocycles. The predicted molar refractivity (Wildman–Crippen MR) is 163 cm³/mol. The Morgan fingerprint density at radius 2 is 0.650 bits per heavy atom. The summed E-state index contributed by atoms with van der Waals surface area (Å²) in [7, 11) is 0. The van der Waals surface area contributed by atoms with Gasteiger partial charge in [0.1, 0.15) is 0 Å². The molecule has 0 aromatic rings. The first-order valence-electron chi connectivity index (χ1n) is 16.5. The average molecular weight is 565 g/mol. The molecular formula is C34H60O6. The summed E-state index contributed by atoms with van der Waals surface area (Å²) in [6, 6.07) is 0. The van der Waals surface area contributed by atoms with Gasteiger partial charge < -0.3 is 9.47 Å². The van der Waals surface area contributed by atoms with Crippen LogP contribution in [-0.2, 0) is 28.7 Å². The van der Waals surface area contributed by atoms with Gasteiger partial charge in [-0.1, -0.05) is 142 Å². The lowest BCUT2D eigenvalue weighted by Crippen LogP contribution is -2.14. The summed E-state index contributed by atoms with van der Waals surface area (Å²) in [6.07, 6.45) is 29.3. The molecule has 0 rings (SSSR count). The van der Waals surface area contributed by atoms with E-state index in [4.69, 9.17) is 9.47 Å². The number of unbranched alkanes of at least 4 members (excludes halogenated alkanes) is 20. The zero-order chi connectivity index (χ0) is 29.5. The molecule has 0 aliphatic heterocycles. The molecule has 6 heteroatoms. The second-order valence-corrected chi connectivity index (χ2v) is 11.2. The highest BCUT2D eigenvalue weighted by Crippen LogP contribution is 2.13. The topological polar surface area (TPSA) is 86.7 Å². The van der Waals surface area contributed by atoms with E-state index in [1.165, 1.54) is 103 Å². The second kappa shape index (κ2) is 30.0. The fourth-order valence-corrected chi connectivity index (χ4v) is 4.60. The van der Waals surface area contributed by atoms with E-state index < -0.39 is 11.6 Å². The number of ether oxygens (including phenoxy) is 2. The van der Waals surface area contributed by atoms with Crippen LogP contribution in [0.25, 0.3) is 0 Å². The van der Waals surface area contributed by atoms with E-state index >= 15 is 0 Å². The molecule has 0 spiro atoms. The lowest BCUT2D eigenvalue weighted by atomic mass is 10.1. The highest BCUT2D eigenvalue weighted by molar-refractivity contribution is 6.00. The van der Waals surface area contributed by atoms with Crippen molar-refractivity contribution in [1.29, 1.82) is 0 Å². The van der Waals surface area contributed by atoms with Crippen LogP contribution in [0.5, 0.6) is 0 Å². The molecule has 0 saturated heterocycles. The number of rotatable bonds is 30. The lowest BCUT2D eigenvalue weighted by molar-refractivity contribution is -0.147. The molecule has 0 fully saturated rings. The summed E-state index contributed by atoms with van der Waals surface area (Å²) in [6.45, 7) is 3.71. The first-order chi connectivity index (χ1) is 19.5. The zero-order valence-electron chi connectivity index (χ0n) is 26.0. The number of carbonyl (C=O) groups excluding carboxylic acids is 4. The molecule has 0 N–H and O–H groups in total. The molecule has 0 heterocycles. The van der Waals surface area contributed by atoms with E-state index in [2.05, 4.69) is 13.8 Å². The van der Waals surface area contributed by atoms with Crippen molar-refractivity contribution in [3.05, 3.63) is 12.2 Å². The first-order valence-corrected chi connectivity index (χ1v) is 16.5. The Bertz CT molecular complexity index is 613. The minimum absolute atomic E-state index is 0.308. The molecule has 0 atom stereocenters. The number of carbonyl (C=O) groups is 4. The van der Waals surface area contributed by atoms with Crippen molar-refractivity contribution in [3.8, 4) is 0 Å². The third kappa shape index (κ3) is 29.0. The summed E-state index contributed by atoms with van der Waals surface area (Å²) in [4.78, 5) is 47.3. The molecule has 0 radical (unpaired) electrons.